The Morgan fingerprint density at radius 2 is 1.47 bits per heavy atom. The van der Waals surface area contributed by atoms with Gasteiger partial charge in [0.2, 0.25) is 0 Å². The van der Waals surface area contributed by atoms with Crippen LogP contribution in [0.5, 0.6) is 0 Å². The van der Waals surface area contributed by atoms with Crippen molar-refractivity contribution in [3.8, 4) is 6.07 Å². The second kappa shape index (κ2) is 5.87. The van der Waals surface area contributed by atoms with E-state index in [4.69, 9.17) is 0 Å². The minimum atomic E-state index is -0.421. The van der Waals surface area contributed by atoms with E-state index in [0.29, 0.717) is 5.92 Å². The van der Waals surface area contributed by atoms with Crippen LogP contribution in [0.2, 0.25) is 0 Å². The van der Waals surface area contributed by atoms with Crippen LogP contribution in [0, 0.1) is 22.7 Å². The number of nitrogens with zero attached hydrogens (tertiary/aromatic N) is 1. The van der Waals surface area contributed by atoms with Crippen molar-refractivity contribution in [2.45, 2.75) is 76.7 Å². The van der Waals surface area contributed by atoms with Crippen LogP contribution in [-0.4, -0.2) is 11.2 Å². The fourth-order valence-electron chi connectivity index (χ4n) is 3.73. The van der Waals surface area contributed by atoms with Crippen LogP contribution >= 0.6 is 0 Å². The average molecular weight is 235 g/mol. The molecule has 1 N–H and O–H groups in total. The summed E-state index contributed by atoms with van der Waals surface area (Å²) < 4.78 is 0. The lowest BCUT2D eigenvalue weighted by atomic mass is 9.69. The van der Waals surface area contributed by atoms with Crippen molar-refractivity contribution in [1.82, 2.24) is 0 Å². The van der Waals surface area contributed by atoms with Crippen molar-refractivity contribution in [3.63, 3.8) is 0 Å². The van der Waals surface area contributed by atoms with Crippen molar-refractivity contribution in [2.75, 3.05) is 0 Å². The van der Waals surface area contributed by atoms with E-state index in [1.165, 1.54) is 32.1 Å². The molecule has 0 saturated heterocycles. The topological polar surface area (TPSA) is 44.0 Å². The molecule has 0 aliphatic heterocycles. The molecular weight excluding hydrogens is 210 g/mol. The molecule has 96 valence electrons. The molecule has 0 spiro atoms. The zero-order chi connectivity index (χ0) is 12.1. The van der Waals surface area contributed by atoms with Crippen LogP contribution in [0.3, 0.4) is 0 Å². The number of aliphatic hydroxyl groups excluding tert-OH is 1. The van der Waals surface area contributed by atoms with Crippen LogP contribution in [0.1, 0.15) is 70.6 Å². The lowest BCUT2D eigenvalue weighted by Gasteiger charge is -2.36. The summed E-state index contributed by atoms with van der Waals surface area (Å²) in [5, 5.41) is 20.2. The van der Waals surface area contributed by atoms with Gasteiger partial charge in [-0.15, -0.1) is 0 Å². The second-order valence-corrected chi connectivity index (χ2v) is 6.03. The highest BCUT2D eigenvalue weighted by molar-refractivity contribution is 5.06. The molecule has 17 heavy (non-hydrogen) atoms. The number of rotatable bonds is 2. The molecule has 2 nitrogen and oxygen atoms in total. The van der Waals surface area contributed by atoms with Gasteiger partial charge in [-0.3, -0.25) is 0 Å². The Balaban J connectivity index is 2.07. The van der Waals surface area contributed by atoms with E-state index in [9.17, 15) is 10.4 Å². The molecule has 2 rings (SSSR count). The van der Waals surface area contributed by atoms with Crippen LogP contribution in [0.4, 0.5) is 0 Å². The van der Waals surface area contributed by atoms with Gasteiger partial charge in [0.25, 0.3) is 0 Å². The lowest BCUT2D eigenvalue weighted by molar-refractivity contribution is 0.000293. The Hall–Kier alpha value is -0.550. The summed E-state index contributed by atoms with van der Waals surface area (Å²) >= 11 is 0. The van der Waals surface area contributed by atoms with Crippen molar-refractivity contribution in [2.24, 2.45) is 11.3 Å². The maximum absolute atomic E-state index is 10.6. The van der Waals surface area contributed by atoms with E-state index in [2.05, 4.69) is 6.07 Å². The van der Waals surface area contributed by atoms with Gasteiger partial charge in [0.1, 0.15) is 0 Å². The molecule has 1 unspecified atom stereocenters. The minimum absolute atomic E-state index is 0.368. The highest BCUT2D eigenvalue weighted by atomic mass is 16.3. The average Bonchev–Trinajstić information content (AvgIpc) is 2.82. The van der Waals surface area contributed by atoms with Gasteiger partial charge in [-0.1, -0.05) is 44.9 Å². The van der Waals surface area contributed by atoms with E-state index in [-0.39, 0.29) is 6.10 Å². The van der Waals surface area contributed by atoms with Crippen molar-refractivity contribution in [1.29, 1.82) is 5.26 Å². The molecule has 0 aromatic rings. The van der Waals surface area contributed by atoms with E-state index in [1.807, 2.05) is 0 Å². The first-order valence-corrected chi connectivity index (χ1v) is 7.38. The maximum Gasteiger partial charge on any atom is 0.0835 e. The smallest absolute Gasteiger partial charge is 0.0835 e. The summed E-state index contributed by atoms with van der Waals surface area (Å²) in [6.45, 7) is 0. The van der Waals surface area contributed by atoms with Gasteiger partial charge in [-0.2, -0.15) is 5.26 Å². The zero-order valence-electron chi connectivity index (χ0n) is 10.8. The molecule has 0 bridgehead atoms. The van der Waals surface area contributed by atoms with Gasteiger partial charge in [-0.05, 0) is 31.6 Å². The van der Waals surface area contributed by atoms with Crippen molar-refractivity contribution < 1.29 is 5.11 Å². The minimum Gasteiger partial charge on any atom is -0.391 e. The Morgan fingerprint density at radius 3 is 2.00 bits per heavy atom. The molecule has 0 aromatic heterocycles. The summed E-state index contributed by atoms with van der Waals surface area (Å²) in [5.74, 6) is 0.397. The largest absolute Gasteiger partial charge is 0.391 e. The standard InChI is InChI=1S/C15H25NO/c16-12-15(10-6-2-1-3-7-11-15)14(17)13-8-4-5-9-13/h13-14,17H,1-11H2. The molecule has 0 amide bonds. The fraction of sp³-hybridized carbons (Fsp3) is 0.933. The number of nitriles is 1. The van der Waals surface area contributed by atoms with Gasteiger partial charge in [0, 0.05) is 0 Å². The highest BCUT2D eigenvalue weighted by Gasteiger charge is 2.42. The van der Waals surface area contributed by atoms with Gasteiger partial charge in [0.15, 0.2) is 0 Å². The van der Waals surface area contributed by atoms with Crippen LogP contribution in [0.25, 0.3) is 0 Å². The summed E-state index contributed by atoms with van der Waals surface area (Å²) in [7, 11) is 0. The normalized spacial score (nSPS) is 28.0. The first kappa shape index (κ1) is 12.9. The third-order valence-corrected chi connectivity index (χ3v) is 4.88. The van der Waals surface area contributed by atoms with Gasteiger partial charge < -0.3 is 5.11 Å². The Labute approximate surface area is 105 Å². The van der Waals surface area contributed by atoms with E-state index in [0.717, 1.165) is 38.5 Å². The monoisotopic (exact) mass is 235 g/mol. The number of aliphatic hydroxyl groups is 1. The van der Waals surface area contributed by atoms with Gasteiger partial charge in [0.05, 0.1) is 17.6 Å². The van der Waals surface area contributed by atoms with E-state index < -0.39 is 5.41 Å². The summed E-state index contributed by atoms with van der Waals surface area (Å²) in [6.07, 6.45) is 12.2. The number of hydrogen-bond acceptors (Lipinski definition) is 2. The Bertz CT molecular complexity index is 267. The molecule has 2 aliphatic carbocycles. The maximum atomic E-state index is 10.6. The fourth-order valence-corrected chi connectivity index (χ4v) is 3.73. The van der Waals surface area contributed by atoms with E-state index >= 15 is 0 Å². The molecule has 0 radical (unpaired) electrons. The lowest BCUT2D eigenvalue weighted by Crippen LogP contribution is -2.39. The predicted molar refractivity (Wildman–Crippen MR) is 68.3 cm³/mol. The Kier molecular flexibility index (Phi) is 4.45. The molecule has 2 fully saturated rings. The molecule has 0 heterocycles. The second-order valence-electron chi connectivity index (χ2n) is 6.03. The SMILES string of the molecule is N#CC1(C(O)C2CCCC2)CCCCCCC1. The first-order valence-electron chi connectivity index (χ1n) is 7.38. The van der Waals surface area contributed by atoms with Gasteiger partial charge >= 0.3 is 0 Å². The third kappa shape index (κ3) is 2.83. The molecule has 2 saturated carbocycles. The molecule has 1 atom stereocenters. The van der Waals surface area contributed by atoms with Crippen molar-refractivity contribution >= 4 is 0 Å². The van der Waals surface area contributed by atoms with Crippen LogP contribution < -0.4 is 0 Å². The van der Waals surface area contributed by atoms with Gasteiger partial charge in [-0.25, -0.2) is 0 Å². The predicted octanol–water partition coefficient (Wildman–Crippen LogP) is 3.79. The Morgan fingerprint density at radius 1 is 0.941 bits per heavy atom. The molecule has 0 aromatic carbocycles. The van der Waals surface area contributed by atoms with Crippen LogP contribution in [0.15, 0.2) is 0 Å². The zero-order valence-corrected chi connectivity index (χ0v) is 10.8. The quantitative estimate of drug-likeness (QED) is 0.791. The summed E-state index contributed by atoms with van der Waals surface area (Å²) in [4.78, 5) is 0. The molecule has 2 aliphatic rings. The van der Waals surface area contributed by atoms with E-state index in [1.54, 1.807) is 0 Å². The summed E-state index contributed by atoms with van der Waals surface area (Å²) in [6, 6.07) is 2.51. The summed E-state index contributed by atoms with van der Waals surface area (Å²) in [5.41, 5.74) is -0.421. The van der Waals surface area contributed by atoms with Crippen molar-refractivity contribution in [3.05, 3.63) is 0 Å². The third-order valence-electron chi connectivity index (χ3n) is 4.88. The molecular formula is C15H25NO. The molecule has 2 heteroatoms. The number of hydrogen-bond donors (Lipinski definition) is 1. The van der Waals surface area contributed by atoms with Crippen LogP contribution in [-0.2, 0) is 0 Å². The highest BCUT2D eigenvalue weighted by Crippen LogP contribution is 2.43. The first-order chi connectivity index (χ1) is 8.28.